The minimum atomic E-state index is -0.541. The van der Waals surface area contributed by atoms with Crippen LogP contribution in [-0.2, 0) is 30.5 Å². The van der Waals surface area contributed by atoms with Crippen molar-refractivity contribution in [1.82, 2.24) is 10.6 Å². The topological polar surface area (TPSA) is 93.7 Å². The second kappa shape index (κ2) is 9.33. The van der Waals surface area contributed by atoms with Crippen molar-refractivity contribution < 1.29 is 23.9 Å². The van der Waals surface area contributed by atoms with E-state index in [4.69, 9.17) is 9.47 Å². The summed E-state index contributed by atoms with van der Waals surface area (Å²) in [5.41, 5.74) is 0.900. The largest absolute Gasteiger partial charge is 0.468 e. The zero-order valence-electron chi connectivity index (χ0n) is 15.4. The van der Waals surface area contributed by atoms with E-state index in [1.807, 2.05) is 44.2 Å². The molecule has 2 rings (SSSR count). The van der Waals surface area contributed by atoms with E-state index in [-0.39, 0.29) is 43.3 Å². The molecule has 0 bridgehead atoms. The third-order valence-corrected chi connectivity index (χ3v) is 4.38. The molecule has 0 saturated carbocycles. The fraction of sp³-hybridized carbons (Fsp3) is 0.526. The Morgan fingerprint density at radius 1 is 1.27 bits per heavy atom. The fourth-order valence-corrected chi connectivity index (χ4v) is 2.94. The van der Waals surface area contributed by atoms with Crippen LogP contribution >= 0.6 is 0 Å². The van der Waals surface area contributed by atoms with E-state index in [2.05, 4.69) is 10.6 Å². The van der Waals surface area contributed by atoms with Crippen molar-refractivity contribution in [2.45, 2.75) is 51.4 Å². The molecule has 1 amide bonds. The molecule has 1 fully saturated rings. The van der Waals surface area contributed by atoms with Gasteiger partial charge in [-0.1, -0.05) is 44.2 Å². The molecular weight excluding hydrogens is 336 g/mol. The van der Waals surface area contributed by atoms with Crippen molar-refractivity contribution >= 4 is 17.8 Å². The van der Waals surface area contributed by atoms with Crippen LogP contribution in [0.5, 0.6) is 0 Å². The van der Waals surface area contributed by atoms with Crippen LogP contribution in [0.1, 0.15) is 32.3 Å². The van der Waals surface area contributed by atoms with Crippen LogP contribution in [0.25, 0.3) is 0 Å². The SMILES string of the molecule is COC(=O)[C@@H](NC1CC(=O)NC1CC(=O)OCc1ccccc1)C(C)C. The first-order valence-corrected chi connectivity index (χ1v) is 8.73. The predicted molar refractivity (Wildman–Crippen MR) is 95.0 cm³/mol. The number of hydrogen-bond acceptors (Lipinski definition) is 6. The summed E-state index contributed by atoms with van der Waals surface area (Å²) < 4.78 is 10.1. The van der Waals surface area contributed by atoms with Crippen molar-refractivity contribution in [2.75, 3.05) is 7.11 Å². The van der Waals surface area contributed by atoms with Gasteiger partial charge in [0.1, 0.15) is 12.6 Å². The Balaban J connectivity index is 1.92. The molecule has 2 unspecified atom stereocenters. The van der Waals surface area contributed by atoms with Crippen LogP contribution in [0.15, 0.2) is 30.3 Å². The fourth-order valence-electron chi connectivity index (χ4n) is 2.94. The third-order valence-electron chi connectivity index (χ3n) is 4.38. The normalized spacial score (nSPS) is 20.5. The van der Waals surface area contributed by atoms with Gasteiger partial charge in [0.25, 0.3) is 0 Å². The Kier molecular flexibility index (Phi) is 7.15. The first-order valence-electron chi connectivity index (χ1n) is 8.73. The lowest BCUT2D eigenvalue weighted by atomic mass is 10.00. The molecule has 3 atom stereocenters. The van der Waals surface area contributed by atoms with Crippen molar-refractivity contribution in [3.63, 3.8) is 0 Å². The van der Waals surface area contributed by atoms with Gasteiger partial charge in [-0.2, -0.15) is 0 Å². The van der Waals surface area contributed by atoms with Crippen LogP contribution in [-0.4, -0.2) is 43.1 Å². The Labute approximate surface area is 153 Å². The smallest absolute Gasteiger partial charge is 0.323 e. The second-order valence-corrected chi connectivity index (χ2v) is 6.75. The summed E-state index contributed by atoms with van der Waals surface area (Å²) in [5.74, 6) is -0.948. The zero-order valence-corrected chi connectivity index (χ0v) is 15.4. The van der Waals surface area contributed by atoms with Crippen molar-refractivity contribution in [2.24, 2.45) is 5.92 Å². The van der Waals surface area contributed by atoms with Crippen LogP contribution in [0.3, 0.4) is 0 Å². The molecule has 7 heteroatoms. The van der Waals surface area contributed by atoms with E-state index in [0.29, 0.717) is 0 Å². The lowest BCUT2D eigenvalue weighted by Crippen LogP contribution is -2.51. The molecule has 1 aliphatic rings. The van der Waals surface area contributed by atoms with Crippen molar-refractivity contribution in [3.05, 3.63) is 35.9 Å². The van der Waals surface area contributed by atoms with Gasteiger partial charge in [0.15, 0.2) is 0 Å². The third kappa shape index (κ3) is 5.56. The molecule has 1 heterocycles. The maximum atomic E-state index is 12.1. The molecule has 1 aromatic rings. The molecule has 1 saturated heterocycles. The maximum Gasteiger partial charge on any atom is 0.323 e. The van der Waals surface area contributed by atoms with Crippen molar-refractivity contribution in [1.29, 1.82) is 0 Å². The van der Waals surface area contributed by atoms with Gasteiger partial charge < -0.3 is 14.8 Å². The van der Waals surface area contributed by atoms with Crippen LogP contribution in [0.2, 0.25) is 0 Å². The van der Waals surface area contributed by atoms with Crippen LogP contribution in [0.4, 0.5) is 0 Å². The number of nitrogens with one attached hydrogen (secondary N) is 2. The molecule has 0 radical (unpaired) electrons. The summed E-state index contributed by atoms with van der Waals surface area (Å²) in [6.45, 7) is 3.97. The number of benzene rings is 1. The molecule has 0 aromatic heterocycles. The molecule has 142 valence electrons. The van der Waals surface area contributed by atoms with Crippen LogP contribution < -0.4 is 10.6 Å². The number of carbonyl (C=O) groups is 3. The molecule has 2 N–H and O–H groups in total. The minimum absolute atomic E-state index is 0.0103. The highest BCUT2D eigenvalue weighted by atomic mass is 16.5. The maximum absolute atomic E-state index is 12.1. The predicted octanol–water partition coefficient (Wildman–Crippen LogP) is 1.16. The number of esters is 2. The number of ether oxygens (including phenoxy) is 2. The highest BCUT2D eigenvalue weighted by molar-refractivity contribution is 5.82. The van der Waals surface area contributed by atoms with E-state index < -0.39 is 18.1 Å². The van der Waals surface area contributed by atoms with E-state index in [1.54, 1.807) is 0 Å². The molecule has 26 heavy (non-hydrogen) atoms. The Bertz CT molecular complexity index is 632. The summed E-state index contributed by atoms with van der Waals surface area (Å²) in [4.78, 5) is 35.9. The standard InChI is InChI=1S/C19H26N2O5/c1-12(2)18(19(24)25-3)21-14-9-16(22)20-15(14)10-17(23)26-11-13-7-5-4-6-8-13/h4-8,12,14-15,18,21H,9-11H2,1-3H3,(H,20,22)/t14?,15?,18-/m0/s1. The molecule has 7 nitrogen and oxygen atoms in total. The quantitative estimate of drug-likeness (QED) is 0.674. The monoisotopic (exact) mass is 362 g/mol. The molecule has 0 aliphatic carbocycles. The number of amides is 1. The number of carbonyl (C=O) groups excluding carboxylic acids is 3. The molecule has 1 aliphatic heterocycles. The van der Waals surface area contributed by atoms with Gasteiger partial charge >= 0.3 is 11.9 Å². The van der Waals surface area contributed by atoms with Crippen molar-refractivity contribution in [3.8, 4) is 0 Å². The average Bonchev–Trinajstić information content (AvgIpc) is 2.96. The number of hydrogen-bond donors (Lipinski definition) is 2. The van der Waals surface area contributed by atoms with Gasteiger partial charge in [-0.05, 0) is 11.5 Å². The first-order chi connectivity index (χ1) is 12.4. The van der Waals surface area contributed by atoms with Gasteiger partial charge in [-0.15, -0.1) is 0 Å². The van der Waals surface area contributed by atoms with E-state index in [1.165, 1.54) is 7.11 Å². The second-order valence-electron chi connectivity index (χ2n) is 6.75. The molecule has 0 spiro atoms. The summed E-state index contributed by atoms with van der Waals surface area (Å²) in [6.07, 6.45) is 0.249. The highest BCUT2D eigenvalue weighted by Crippen LogP contribution is 2.16. The Morgan fingerprint density at radius 2 is 1.96 bits per heavy atom. The molecule has 1 aromatic carbocycles. The summed E-state index contributed by atoms with van der Waals surface area (Å²) >= 11 is 0. The van der Waals surface area contributed by atoms with Gasteiger partial charge in [0.05, 0.1) is 19.6 Å². The lowest BCUT2D eigenvalue weighted by Gasteiger charge is -2.26. The van der Waals surface area contributed by atoms with Gasteiger partial charge in [-0.25, -0.2) is 0 Å². The number of methoxy groups -OCH3 is 1. The Hall–Kier alpha value is -2.41. The first kappa shape index (κ1) is 19.9. The highest BCUT2D eigenvalue weighted by Gasteiger charge is 2.37. The van der Waals surface area contributed by atoms with Gasteiger partial charge in [0, 0.05) is 12.5 Å². The summed E-state index contributed by atoms with van der Waals surface area (Å²) in [7, 11) is 1.33. The summed E-state index contributed by atoms with van der Waals surface area (Å²) in [6, 6.07) is 8.09. The van der Waals surface area contributed by atoms with E-state index in [0.717, 1.165) is 5.56 Å². The zero-order chi connectivity index (χ0) is 19.1. The Morgan fingerprint density at radius 3 is 2.58 bits per heavy atom. The lowest BCUT2D eigenvalue weighted by molar-refractivity contribution is -0.145. The van der Waals surface area contributed by atoms with Gasteiger partial charge in [-0.3, -0.25) is 19.7 Å². The van der Waals surface area contributed by atoms with E-state index >= 15 is 0 Å². The van der Waals surface area contributed by atoms with Crippen LogP contribution in [0, 0.1) is 5.92 Å². The average molecular weight is 362 g/mol. The summed E-state index contributed by atoms with van der Waals surface area (Å²) in [5, 5.41) is 5.94. The molecular formula is C19H26N2O5. The van der Waals surface area contributed by atoms with Gasteiger partial charge in [0.2, 0.25) is 5.91 Å². The van der Waals surface area contributed by atoms with E-state index in [9.17, 15) is 14.4 Å². The number of rotatable bonds is 8. The minimum Gasteiger partial charge on any atom is -0.468 e.